The first-order chi connectivity index (χ1) is 11.8. The zero-order valence-corrected chi connectivity index (χ0v) is 19.1. The van der Waals surface area contributed by atoms with Crippen molar-refractivity contribution in [3.63, 3.8) is 0 Å². The van der Waals surface area contributed by atoms with Crippen molar-refractivity contribution in [2.24, 2.45) is 4.99 Å². The van der Waals surface area contributed by atoms with Crippen LogP contribution in [-0.2, 0) is 12.0 Å². The molecule has 0 bridgehead atoms. The summed E-state index contributed by atoms with van der Waals surface area (Å²) >= 11 is 6.33. The molecule has 2 N–H and O–H groups in total. The fraction of sp³-hybridized carbons (Fsp3) is 0.474. The van der Waals surface area contributed by atoms with Crippen LogP contribution in [-0.4, -0.2) is 24.7 Å². The number of rotatable bonds is 6. The van der Waals surface area contributed by atoms with Gasteiger partial charge >= 0.3 is 0 Å². The topological polar surface area (TPSA) is 62.5 Å². The van der Waals surface area contributed by atoms with Gasteiger partial charge in [-0.05, 0) is 17.5 Å². The van der Waals surface area contributed by atoms with E-state index in [0.717, 1.165) is 22.0 Å². The monoisotopic (exact) mass is 490 g/mol. The van der Waals surface area contributed by atoms with Crippen molar-refractivity contribution >= 4 is 41.5 Å². The van der Waals surface area contributed by atoms with Gasteiger partial charge in [0.25, 0.3) is 0 Å². The van der Waals surface area contributed by atoms with Crippen LogP contribution in [0.1, 0.15) is 50.6 Å². The summed E-state index contributed by atoms with van der Waals surface area (Å²) in [5.74, 6) is 1.85. The second-order valence-electron chi connectivity index (χ2n) is 7.02. The highest BCUT2D eigenvalue weighted by Crippen LogP contribution is 2.28. The van der Waals surface area contributed by atoms with Crippen LogP contribution in [0.3, 0.4) is 0 Å². The summed E-state index contributed by atoms with van der Waals surface area (Å²) in [6, 6.07) is 9.90. The molecular weight excluding hydrogens is 463 g/mol. The standard InChI is InChI=1S/C19H27ClN4O.HI/c1-13(2)17-10-14(25-24-17)11-22-18(21-5)23-12-19(3,4)15-8-6-7-9-16(15)20;/h6-10,13H,11-12H2,1-5H3,(H2,21,22,23);1H. The zero-order valence-electron chi connectivity index (χ0n) is 16.0. The third-order valence-corrected chi connectivity index (χ3v) is 4.45. The molecule has 0 amide bonds. The van der Waals surface area contributed by atoms with E-state index in [1.165, 1.54) is 0 Å². The number of benzene rings is 1. The van der Waals surface area contributed by atoms with Gasteiger partial charge < -0.3 is 15.2 Å². The van der Waals surface area contributed by atoms with Gasteiger partial charge in [0.15, 0.2) is 11.7 Å². The maximum atomic E-state index is 6.33. The number of nitrogens with one attached hydrogen (secondary N) is 2. The molecule has 0 aliphatic carbocycles. The third kappa shape index (κ3) is 6.16. The molecule has 2 rings (SSSR count). The minimum Gasteiger partial charge on any atom is -0.359 e. The second-order valence-corrected chi connectivity index (χ2v) is 7.42. The lowest BCUT2D eigenvalue weighted by molar-refractivity contribution is 0.371. The Balaban J connectivity index is 0.00000338. The maximum absolute atomic E-state index is 6.33. The Morgan fingerprint density at radius 3 is 2.54 bits per heavy atom. The van der Waals surface area contributed by atoms with Gasteiger partial charge in [-0.2, -0.15) is 0 Å². The van der Waals surface area contributed by atoms with Crippen molar-refractivity contribution in [3.05, 3.63) is 52.4 Å². The number of hydrogen-bond donors (Lipinski definition) is 2. The summed E-state index contributed by atoms with van der Waals surface area (Å²) in [6.45, 7) is 9.72. The quantitative estimate of drug-likeness (QED) is 0.350. The molecule has 0 radical (unpaired) electrons. The summed E-state index contributed by atoms with van der Waals surface area (Å²) in [5, 5.41) is 11.4. The average Bonchev–Trinajstić information content (AvgIpc) is 3.04. The van der Waals surface area contributed by atoms with Crippen molar-refractivity contribution in [2.45, 2.75) is 45.6 Å². The Morgan fingerprint density at radius 2 is 1.96 bits per heavy atom. The summed E-state index contributed by atoms with van der Waals surface area (Å²) in [5.41, 5.74) is 1.93. The highest BCUT2D eigenvalue weighted by molar-refractivity contribution is 14.0. The maximum Gasteiger partial charge on any atom is 0.191 e. The van der Waals surface area contributed by atoms with Crippen LogP contribution in [0.15, 0.2) is 39.8 Å². The number of guanidine groups is 1. The first-order valence-electron chi connectivity index (χ1n) is 8.48. The molecule has 1 aromatic heterocycles. The van der Waals surface area contributed by atoms with Crippen LogP contribution in [0.2, 0.25) is 5.02 Å². The SMILES string of the molecule is CN=C(NCc1cc(C(C)C)no1)NCC(C)(C)c1ccccc1Cl.I. The van der Waals surface area contributed by atoms with E-state index in [4.69, 9.17) is 16.1 Å². The Bertz CT molecular complexity index is 728. The van der Waals surface area contributed by atoms with E-state index >= 15 is 0 Å². The Labute approximate surface area is 178 Å². The third-order valence-electron chi connectivity index (χ3n) is 4.12. The van der Waals surface area contributed by atoms with Crippen molar-refractivity contribution in [2.75, 3.05) is 13.6 Å². The molecule has 0 saturated carbocycles. The van der Waals surface area contributed by atoms with Gasteiger partial charge in [-0.1, -0.05) is 62.7 Å². The molecular formula is C19H28ClIN4O. The summed E-state index contributed by atoms with van der Waals surface area (Å²) < 4.78 is 5.34. The molecule has 7 heteroatoms. The van der Waals surface area contributed by atoms with Crippen molar-refractivity contribution in [1.29, 1.82) is 0 Å². The molecule has 0 aliphatic heterocycles. The number of aromatic nitrogens is 1. The molecule has 1 heterocycles. The second kappa shape index (κ2) is 10.2. The van der Waals surface area contributed by atoms with Crippen molar-refractivity contribution in [1.82, 2.24) is 15.8 Å². The van der Waals surface area contributed by atoms with Crippen LogP contribution >= 0.6 is 35.6 Å². The van der Waals surface area contributed by atoms with E-state index in [0.29, 0.717) is 25.0 Å². The van der Waals surface area contributed by atoms with E-state index in [9.17, 15) is 0 Å². The van der Waals surface area contributed by atoms with E-state index < -0.39 is 0 Å². The van der Waals surface area contributed by atoms with Gasteiger partial charge in [0.05, 0.1) is 12.2 Å². The lowest BCUT2D eigenvalue weighted by Crippen LogP contribution is -2.43. The number of hydrogen-bond acceptors (Lipinski definition) is 3. The first-order valence-corrected chi connectivity index (χ1v) is 8.86. The lowest BCUT2D eigenvalue weighted by atomic mass is 9.84. The molecule has 144 valence electrons. The number of halogens is 2. The molecule has 0 spiro atoms. The summed E-state index contributed by atoms with van der Waals surface area (Å²) in [6.07, 6.45) is 0. The van der Waals surface area contributed by atoms with Crippen LogP contribution in [0.5, 0.6) is 0 Å². The minimum atomic E-state index is -0.132. The highest BCUT2D eigenvalue weighted by Gasteiger charge is 2.23. The van der Waals surface area contributed by atoms with Gasteiger partial charge in [-0.25, -0.2) is 0 Å². The summed E-state index contributed by atoms with van der Waals surface area (Å²) in [7, 11) is 1.75. The van der Waals surface area contributed by atoms with E-state index in [1.54, 1.807) is 7.05 Å². The van der Waals surface area contributed by atoms with Crippen LogP contribution in [0.25, 0.3) is 0 Å². The number of aliphatic imine (C=N–C) groups is 1. The largest absolute Gasteiger partial charge is 0.359 e. The fourth-order valence-electron chi connectivity index (χ4n) is 2.49. The van der Waals surface area contributed by atoms with Crippen LogP contribution < -0.4 is 10.6 Å². The minimum absolute atomic E-state index is 0. The van der Waals surface area contributed by atoms with Crippen LogP contribution in [0, 0.1) is 0 Å². The predicted molar refractivity (Wildman–Crippen MR) is 119 cm³/mol. The van der Waals surface area contributed by atoms with Gasteiger partial charge in [0, 0.05) is 30.1 Å². The molecule has 1 aromatic carbocycles. The Kier molecular flexibility index (Phi) is 8.89. The highest BCUT2D eigenvalue weighted by atomic mass is 127. The molecule has 5 nitrogen and oxygen atoms in total. The molecule has 26 heavy (non-hydrogen) atoms. The van der Waals surface area contributed by atoms with Crippen molar-refractivity contribution < 1.29 is 4.52 Å². The van der Waals surface area contributed by atoms with Crippen LogP contribution in [0.4, 0.5) is 0 Å². The smallest absolute Gasteiger partial charge is 0.191 e. The van der Waals surface area contributed by atoms with Gasteiger partial charge in [0.2, 0.25) is 0 Å². The van der Waals surface area contributed by atoms with E-state index in [-0.39, 0.29) is 29.4 Å². The average molecular weight is 491 g/mol. The van der Waals surface area contributed by atoms with Gasteiger partial charge in [-0.3, -0.25) is 4.99 Å². The first kappa shape index (κ1) is 22.8. The molecule has 0 aliphatic rings. The Morgan fingerprint density at radius 1 is 1.27 bits per heavy atom. The van der Waals surface area contributed by atoms with E-state index in [1.807, 2.05) is 24.3 Å². The molecule has 0 unspecified atom stereocenters. The van der Waals surface area contributed by atoms with Gasteiger partial charge in [0.1, 0.15) is 0 Å². The fourth-order valence-corrected chi connectivity index (χ4v) is 2.88. The lowest BCUT2D eigenvalue weighted by Gasteiger charge is -2.27. The molecule has 2 aromatic rings. The number of nitrogens with zero attached hydrogens (tertiary/aromatic N) is 2. The predicted octanol–water partition coefficient (Wildman–Crippen LogP) is 4.71. The van der Waals surface area contributed by atoms with Gasteiger partial charge in [-0.15, -0.1) is 24.0 Å². The zero-order chi connectivity index (χ0) is 18.4. The Hall–Kier alpha value is -1.28. The molecule has 0 saturated heterocycles. The molecule has 0 atom stereocenters. The van der Waals surface area contributed by atoms with Crippen molar-refractivity contribution in [3.8, 4) is 0 Å². The normalized spacial score (nSPS) is 12.0. The van der Waals surface area contributed by atoms with E-state index in [2.05, 4.69) is 54.5 Å². The summed E-state index contributed by atoms with van der Waals surface area (Å²) in [4.78, 5) is 4.26. The molecule has 0 fully saturated rings.